The molecule has 0 radical (unpaired) electrons. The number of aliphatic imine (C=N–C) groups is 1. The van der Waals surface area contributed by atoms with Crippen LogP contribution in [-0.4, -0.2) is 62.1 Å². The Kier molecular flexibility index (Phi) is 10.4. The fraction of sp³-hybridized carbons (Fsp3) is 0.565. The van der Waals surface area contributed by atoms with Gasteiger partial charge >= 0.3 is 0 Å². The number of likely N-dealkylation sites (tertiary alicyclic amines) is 1. The Bertz CT molecular complexity index is 914. The minimum atomic E-state index is -0.221. The number of hydrogen-bond acceptors (Lipinski definition) is 4. The molecule has 1 aliphatic rings. The zero-order valence-electron chi connectivity index (χ0n) is 19.3. The van der Waals surface area contributed by atoms with Gasteiger partial charge in [0.2, 0.25) is 5.91 Å². The van der Waals surface area contributed by atoms with Gasteiger partial charge in [0.25, 0.3) is 0 Å². The van der Waals surface area contributed by atoms with E-state index in [2.05, 4.69) is 28.2 Å². The van der Waals surface area contributed by atoms with Crippen LogP contribution in [0.2, 0.25) is 0 Å². The number of benzene rings is 1. The van der Waals surface area contributed by atoms with Crippen molar-refractivity contribution in [3.63, 3.8) is 0 Å². The minimum Gasteiger partial charge on any atom is -0.497 e. The first-order valence-corrected chi connectivity index (χ1v) is 11.1. The van der Waals surface area contributed by atoms with Crippen LogP contribution in [0.15, 0.2) is 23.2 Å². The number of methoxy groups -OCH3 is 2. The fourth-order valence-corrected chi connectivity index (χ4v) is 4.25. The quantitative estimate of drug-likeness (QED) is 0.190. The number of guanidine groups is 1. The van der Waals surface area contributed by atoms with E-state index in [9.17, 15) is 4.79 Å². The standard InChI is InChI=1S/C23H35N5O3.HI/c1-4-25-23(28-10-6-7-16(15-28)11-22(24)29)26-9-5-8-17-12-19-20(27-17)13-18(30-2)14-21(19)31-3;/h12-14,16,27H,4-11,15H2,1-3H3,(H2,24,29)(H,25,26);1H. The Hall–Kier alpha value is -2.17. The molecule has 178 valence electrons. The number of nitrogens with two attached hydrogens (primary N) is 1. The number of primary amides is 1. The molecule has 1 unspecified atom stereocenters. The molecule has 1 aliphatic heterocycles. The predicted octanol–water partition coefficient (Wildman–Crippen LogP) is 3.29. The number of aromatic amines is 1. The van der Waals surface area contributed by atoms with Crippen molar-refractivity contribution in [2.24, 2.45) is 16.6 Å². The highest BCUT2D eigenvalue weighted by Gasteiger charge is 2.23. The third kappa shape index (κ3) is 6.91. The summed E-state index contributed by atoms with van der Waals surface area (Å²) in [4.78, 5) is 21.9. The lowest BCUT2D eigenvalue weighted by Gasteiger charge is -2.34. The molecule has 2 heterocycles. The van der Waals surface area contributed by atoms with Gasteiger partial charge in [-0.05, 0) is 44.6 Å². The van der Waals surface area contributed by atoms with Gasteiger partial charge in [-0.3, -0.25) is 9.79 Å². The third-order valence-electron chi connectivity index (χ3n) is 5.69. The van der Waals surface area contributed by atoms with Gasteiger partial charge in [-0.1, -0.05) is 0 Å². The molecule has 1 amide bonds. The fourth-order valence-electron chi connectivity index (χ4n) is 4.25. The lowest BCUT2D eigenvalue weighted by Crippen LogP contribution is -2.47. The SMILES string of the molecule is CCNC(=NCCCc1cc2c(OC)cc(OC)cc2[nH]1)N1CCCC(CC(N)=O)C1.I. The van der Waals surface area contributed by atoms with Crippen LogP contribution in [0.4, 0.5) is 0 Å². The van der Waals surface area contributed by atoms with Crippen LogP contribution in [-0.2, 0) is 11.2 Å². The van der Waals surface area contributed by atoms with Crippen molar-refractivity contribution in [3.05, 3.63) is 23.9 Å². The van der Waals surface area contributed by atoms with Gasteiger partial charge in [-0.2, -0.15) is 0 Å². The molecule has 1 atom stereocenters. The zero-order valence-corrected chi connectivity index (χ0v) is 21.6. The maximum absolute atomic E-state index is 11.3. The summed E-state index contributed by atoms with van der Waals surface area (Å²) >= 11 is 0. The van der Waals surface area contributed by atoms with Crippen molar-refractivity contribution in [2.45, 2.75) is 39.0 Å². The number of hydrogen-bond donors (Lipinski definition) is 3. The van der Waals surface area contributed by atoms with Crippen molar-refractivity contribution >= 4 is 46.7 Å². The molecule has 32 heavy (non-hydrogen) atoms. The Morgan fingerprint density at radius 3 is 2.81 bits per heavy atom. The van der Waals surface area contributed by atoms with E-state index in [4.69, 9.17) is 20.2 Å². The maximum atomic E-state index is 11.3. The van der Waals surface area contributed by atoms with Crippen LogP contribution >= 0.6 is 24.0 Å². The Morgan fingerprint density at radius 2 is 2.12 bits per heavy atom. The second kappa shape index (κ2) is 12.8. The number of carbonyl (C=O) groups is 1. The van der Waals surface area contributed by atoms with Crippen LogP contribution in [0.5, 0.6) is 11.5 Å². The monoisotopic (exact) mass is 557 g/mol. The molecule has 2 aromatic rings. The lowest BCUT2D eigenvalue weighted by molar-refractivity contribution is -0.119. The summed E-state index contributed by atoms with van der Waals surface area (Å²) in [6.07, 6.45) is 4.38. The largest absolute Gasteiger partial charge is 0.497 e. The van der Waals surface area contributed by atoms with E-state index in [1.165, 1.54) is 0 Å². The molecule has 0 saturated carbocycles. The van der Waals surface area contributed by atoms with E-state index in [0.29, 0.717) is 12.3 Å². The molecule has 0 aliphatic carbocycles. The van der Waals surface area contributed by atoms with Crippen LogP contribution in [0.1, 0.15) is 38.3 Å². The smallest absolute Gasteiger partial charge is 0.217 e. The van der Waals surface area contributed by atoms with E-state index in [0.717, 1.165) is 85.9 Å². The molecule has 9 heteroatoms. The summed E-state index contributed by atoms with van der Waals surface area (Å²) < 4.78 is 10.9. The molecular formula is C23H36IN5O3. The molecule has 3 rings (SSSR count). The van der Waals surface area contributed by atoms with E-state index in [1.54, 1.807) is 14.2 Å². The number of rotatable bonds is 9. The molecule has 0 bridgehead atoms. The second-order valence-corrected chi connectivity index (χ2v) is 8.05. The number of fused-ring (bicyclic) bond motifs is 1. The van der Waals surface area contributed by atoms with Crippen molar-refractivity contribution in [1.29, 1.82) is 0 Å². The van der Waals surface area contributed by atoms with Gasteiger partial charge in [0.15, 0.2) is 5.96 Å². The molecule has 1 aromatic carbocycles. The molecule has 1 fully saturated rings. The van der Waals surface area contributed by atoms with Gasteiger partial charge in [-0.25, -0.2) is 0 Å². The van der Waals surface area contributed by atoms with E-state index in [-0.39, 0.29) is 29.9 Å². The minimum absolute atomic E-state index is 0. The number of piperidine rings is 1. The zero-order chi connectivity index (χ0) is 22.2. The Morgan fingerprint density at radius 1 is 1.31 bits per heavy atom. The van der Waals surface area contributed by atoms with Gasteiger partial charge in [-0.15, -0.1) is 24.0 Å². The highest BCUT2D eigenvalue weighted by Crippen LogP contribution is 2.31. The maximum Gasteiger partial charge on any atom is 0.217 e. The van der Waals surface area contributed by atoms with E-state index >= 15 is 0 Å². The summed E-state index contributed by atoms with van der Waals surface area (Å²) in [5.74, 6) is 2.60. The highest BCUT2D eigenvalue weighted by molar-refractivity contribution is 14.0. The number of halogens is 1. The molecular weight excluding hydrogens is 521 g/mol. The molecule has 1 saturated heterocycles. The number of carbonyl (C=O) groups excluding carboxylic acids is 1. The Balaban J connectivity index is 0.00000363. The number of ether oxygens (including phenoxy) is 2. The van der Waals surface area contributed by atoms with Crippen molar-refractivity contribution < 1.29 is 14.3 Å². The van der Waals surface area contributed by atoms with Crippen molar-refractivity contribution in [2.75, 3.05) is 40.4 Å². The number of nitrogens with one attached hydrogen (secondary N) is 2. The predicted molar refractivity (Wildman–Crippen MR) is 139 cm³/mol. The first-order chi connectivity index (χ1) is 15.0. The first kappa shape index (κ1) is 26.1. The van der Waals surface area contributed by atoms with Gasteiger partial charge in [0.05, 0.1) is 19.7 Å². The number of nitrogens with zero attached hydrogens (tertiary/aromatic N) is 2. The lowest BCUT2D eigenvalue weighted by atomic mass is 9.95. The van der Waals surface area contributed by atoms with Crippen LogP contribution < -0.4 is 20.5 Å². The number of H-pyrrole nitrogens is 1. The molecule has 1 aromatic heterocycles. The summed E-state index contributed by atoms with van der Waals surface area (Å²) in [5.41, 5.74) is 7.56. The van der Waals surface area contributed by atoms with E-state index in [1.807, 2.05) is 12.1 Å². The van der Waals surface area contributed by atoms with Crippen LogP contribution in [0.25, 0.3) is 10.9 Å². The van der Waals surface area contributed by atoms with Gasteiger partial charge < -0.3 is 30.4 Å². The molecule has 0 spiro atoms. The number of aromatic nitrogens is 1. The molecule has 8 nitrogen and oxygen atoms in total. The Labute approximate surface area is 207 Å². The first-order valence-electron chi connectivity index (χ1n) is 11.1. The summed E-state index contributed by atoms with van der Waals surface area (Å²) in [6.45, 7) is 5.42. The number of aryl methyl sites for hydroxylation is 1. The second-order valence-electron chi connectivity index (χ2n) is 8.05. The van der Waals surface area contributed by atoms with Gasteiger partial charge in [0, 0.05) is 55.8 Å². The summed E-state index contributed by atoms with van der Waals surface area (Å²) in [7, 11) is 3.33. The van der Waals surface area contributed by atoms with Crippen molar-refractivity contribution in [3.8, 4) is 11.5 Å². The average molecular weight is 557 g/mol. The van der Waals surface area contributed by atoms with E-state index < -0.39 is 0 Å². The van der Waals surface area contributed by atoms with Crippen molar-refractivity contribution in [1.82, 2.24) is 15.2 Å². The molecule has 4 N–H and O–H groups in total. The summed E-state index contributed by atoms with van der Waals surface area (Å²) in [6, 6.07) is 6.03. The average Bonchev–Trinajstić information content (AvgIpc) is 3.17. The van der Waals surface area contributed by atoms with Crippen LogP contribution in [0, 0.1) is 5.92 Å². The normalized spacial score (nSPS) is 16.5. The summed E-state index contributed by atoms with van der Waals surface area (Å²) in [5, 5.41) is 4.45. The third-order valence-corrected chi connectivity index (χ3v) is 5.69. The number of amides is 1. The topological polar surface area (TPSA) is 105 Å². The van der Waals surface area contributed by atoms with Crippen LogP contribution in [0.3, 0.4) is 0 Å². The van der Waals surface area contributed by atoms with Gasteiger partial charge in [0.1, 0.15) is 11.5 Å². The highest BCUT2D eigenvalue weighted by atomic mass is 127.